The summed E-state index contributed by atoms with van der Waals surface area (Å²) in [5.41, 5.74) is 4.36. The molecule has 0 saturated heterocycles. The zero-order chi connectivity index (χ0) is 14.2. The van der Waals surface area contributed by atoms with Gasteiger partial charge in [0.15, 0.2) is 0 Å². The van der Waals surface area contributed by atoms with Crippen molar-refractivity contribution >= 4 is 0 Å². The van der Waals surface area contributed by atoms with Crippen molar-refractivity contribution in [3.05, 3.63) is 47.1 Å². The van der Waals surface area contributed by atoms with Gasteiger partial charge in [-0.3, -0.25) is 0 Å². The van der Waals surface area contributed by atoms with Gasteiger partial charge in [-0.05, 0) is 51.2 Å². The molecule has 2 atom stereocenters. The van der Waals surface area contributed by atoms with E-state index in [1.165, 1.54) is 11.6 Å². The molecule has 1 aromatic carbocycles. The van der Waals surface area contributed by atoms with Crippen LogP contribution in [0.2, 0.25) is 0 Å². The van der Waals surface area contributed by atoms with Crippen molar-refractivity contribution in [3.8, 4) is 11.5 Å². The predicted octanol–water partition coefficient (Wildman–Crippen LogP) is 4.42. The van der Waals surface area contributed by atoms with E-state index >= 15 is 0 Å². The van der Waals surface area contributed by atoms with Crippen LogP contribution < -0.4 is 0 Å². The smallest absolute Gasteiger partial charge is 0.123 e. The van der Waals surface area contributed by atoms with Gasteiger partial charge in [0, 0.05) is 17.5 Å². The van der Waals surface area contributed by atoms with Crippen molar-refractivity contribution in [2.75, 3.05) is 0 Å². The Balaban J connectivity index is 2.54. The van der Waals surface area contributed by atoms with Crippen molar-refractivity contribution in [2.24, 2.45) is 5.92 Å². The lowest BCUT2D eigenvalue weighted by Gasteiger charge is -2.32. The van der Waals surface area contributed by atoms with Gasteiger partial charge in [-0.15, -0.1) is 0 Å². The van der Waals surface area contributed by atoms with Crippen LogP contribution in [0.25, 0.3) is 0 Å². The second kappa shape index (κ2) is 5.12. The third-order valence-corrected chi connectivity index (χ3v) is 4.06. The maximum Gasteiger partial charge on any atom is 0.123 e. The topological polar surface area (TPSA) is 40.5 Å². The van der Waals surface area contributed by atoms with Crippen molar-refractivity contribution in [3.63, 3.8) is 0 Å². The van der Waals surface area contributed by atoms with Crippen LogP contribution in [-0.2, 0) is 0 Å². The molecule has 1 aromatic rings. The summed E-state index contributed by atoms with van der Waals surface area (Å²) in [6.45, 7) is 10.2. The second-order valence-corrected chi connectivity index (χ2v) is 5.73. The molecule has 2 N–H and O–H groups in total. The molecule has 1 aliphatic carbocycles. The summed E-state index contributed by atoms with van der Waals surface area (Å²) in [5, 5.41) is 19.7. The van der Waals surface area contributed by atoms with Crippen LogP contribution in [0.5, 0.6) is 11.5 Å². The number of allylic oxidation sites excluding steroid dienone is 3. The standard InChI is InChI=1S/C17H22O2/c1-10(2)14-6-5-11(3)7-15(14)17-12(4)8-13(18)9-16(17)19/h7-9,14-15,18-19H,1,5-6H2,2-4H3/t14-,15-/m1/s1. The fourth-order valence-electron chi connectivity index (χ4n) is 3.10. The first kappa shape index (κ1) is 13.7. The zero-order valence-electron chi connectivity index (χ0n) is 11.9. The third-order valence-electron chi connectivity index (χ3n) is 4.06. The van der Waals surface area contributed by atoms with Gasteiger partial charge in [0.05, 0.1) is 0 Å². The quantitative estimate of drug-likeness (QED) is 0.771. The Morgan fingerprint density at radius 2 is 1.95 bits per heavy atom. The van der Waals surface area contributed by atoms with Crippen LogP contribution >= 0.6 is 0 Å². The Labute approximate surface area is 115 Å². The fourth-order valence-corrected chi connectivity index (χ4v) is 3.10. The highest BCUT2D eigenvalue weighted by Crippen LogP contribution is 2.44. The molecule has 0 heterocycles. The monoisotopic (exact) mass is 258 g/mol. The number of hydrogen-bond acceptors (Lipinski definition) is 2. The summed E-state index contributed by atoms with van der Waals surface area (Å²) in [6.07, 6.45) is 4.40. The van der Waals surface area contributed by atoms with Gasteiger partial charge in [0.25, 0.3) is 0 Å². The van der Waals surface area contributed by atoms with Gasteiger partial charge in [0.1, 0.15) is 11.5 Å². The van der Waals surface area contributed by atoms with Crippen LogP contribution in [0, 0.1) is 12.8 Å². The highest BCUT2D eigenvalue weighted by Gasteiger charge is 2.28. The summed E-state index contributed by atoms with van der Waals surface area (Å²) in [5.74, 6) is 0.812. The van der Waals surface area contributed by atoms with E-state index in [1.807, 2.05) is 6.92 Å². The van der Waals surface area contributed by atoms with E-state index in [0.717, 1.165) is 29.5 Å². The van der Waals surface area contributed by atoms with Crippen LogP contribution in [0.1, 0.15) is 43.7 Å². The fraction of sp³-hybridized carbons (Fsp3) is 0.412. The molecule has 0 aromatic heterocycles. The van der Waals surface area contributed by atoms with Crippen molar-refractivity contribution in [1.29, 1.82) is 0 Å². The predicted molar refractivity (Wildman–Crippen MR) is 78.5 cm³/mol. The molecule has 0 amide bonds. The Hall–Kier alpha value is -1.70. The van der Waals surface area contributed by atoms with Crippen LogP contribution in [0.15, 0.2) is 35.9 Å². The minimum Gasteiger partial charge on any atom is -0.508 e. The molecule has 0 aliphatic heterocycles. The normalized spacial score (nSPS) is 23.0. The van der Waals surface area contributed by atoms with Crippen LogP contribution in [0.3, 0.4) is 0 Å². The summed E-state index contributed by atoms with van der Waals surface area (Å²) < 4.78 is 0. The number of phenolic OH excluding ortho intramolecular Hbond substituents is 2. The van der Waals surface area contributed by atoms with E-state index in [9.17, 15) is 10.2 Å². The number of benzene rings is 1. The molecular formula is C17H22O2. The van der Waals surface area contributed by atoms with Crippen molar-refractivity contribution in [2.45, 2.75) is 39.5 Å². The van der Waals surface area contributed by atoms with E-state index in [0.29, 0.717) is 5.92 Å². The second-order valence-electron chi connectivity index (χ2n) is 5.73. The SMILES string of the molecule is C=C(C)[C@H]1CCC(C)=C[C@H]1c1c(C)cc(O)cc1O. The van der Waals surface area contributed by atoms with E-state index in [1.54, 1.807) is 6.07 Å². The molecule has 1 aliphatic rings. The molecule has 2 heteroatoms. The minimum atomic E-state index is 0.113. The number of aryl methyl sites for hydroxylation is 1. The summed E-state index contributed by atoms with van der Waals surface area (Å²) in [7, 11) is 0. The number of aromatic hydroxyl groups is 2. The Morgan fingerprint density at radius 1 is 1.26 bits per heavy atom. The van der Waals surface area contributed by atoms with Gasteiger partial charge in [-0.1, -0.05) is 23.8 Å². The molecule has 0 saturated carbocycles. The Bertz CT molecular complexity index is 517. The lowest BCUT2D eigenvalue weighted by molar-refractivity contribution is 0.424. The average molecular weight is 258 g/mol. The zero-order valence-corrected chi connectivity index (χ0v) is 11.9. The van der Waals surface area contributed by atoms with Gasteiger partial charge in [-0.25, -0.2) is 0 Å². The number of phenols is 2. The number of hydrogen-bond donors (Lipinski definition) is 2. The summed E-state index contributed by atoms with van der Waals surface area (Å²) in [4.78, 5) is 0. The molecule has 19 heavy (non-hydrogen) atoms. The van der Waals surface area contributed by atoms with E-state index in [-0.39, 0.29) is 17.4 Å². The number of rotatable bonds is 2. The third kappa shape index (κ3) is 2.67. The molecule has 0 bridgehead atoms. The molecule has 2 rings (SSSR count). The Morgan fingerprint density at radius 3 is 2.53 bits per heavy atom. The van der Waals surface area contributed by atoms with Gasteiger partial charge in [0.2, 0.25) is 0 Å². The highest BCUT2D eigenvalue weighted by atomic mass is 16.3. The van der Waals surface area contributed by atoms with Crippen molar-refractivity contribution < 1.29 is 10.2 Å². The average Bonchev–Trinajstić information content (AvgIpc) is 2.27. The molecule has 102 valence electrons. The summed E-state index contributed by atoms with van der Waals surface area (Å²) in [6, 6.07) is 3.14. The molecular weight excluding hydrogens is 236 g/mol. The molecule has 0 unspecified atom stereocenters. The maximum atomic E-state index is 10.2. The Kier molecular flexibility index (Phi) is 3.70. The first-order chi connectivity index (χ1) is 8.90. The highest BCUT2D eigenvalue weighted by molar-refractivity contribution is 5.49. The van der Waals surface area contributed by atoms with E-state index in [2.05, 4.69) is 26.5 Å². The van der Waals surface area contributed by atoms with E-state index < -0.39 is 0 Å². The molecule has 0 spiro atoms. The first-order valence-electron chi connectivity index (χ1n) is 6.75. The molecule has 2 nitrogen and oxygen atoms in total. The van der Waals surface area contributed by atoms with Gasteiger partial charge < -0.3 is 10.2 Å². The minimum absolute atomic E-state index is 0.113. The lowest BCUT2D eigenvalue weighted by Crippen LogP contribution is -2.17. The van der Waals surface area contributed by atoms with Crippen LogP contribution in [-0.4, -0.2) is 10.2 Å². The van der Waals surface area contributed by atoms with E-state index in [4.69, 9.17) is 0 Å². The summed E-state index contributed by atoms with van der Waals surface area (Å²) >= 11 is 0. The van der Waals surface area contributed by atoms with Gasteiger partial charge in [-0.2, -0.15) is 0 Å². The van der Waals surface area contributed by atoms with Gasteiger partial charge >= 0.3 is 0 Å². The molecule has 0 fully saturated rings. The largest absolute Gasteiger partial charge is 0.508 e. The lowest BCUT2D eigenvalue weighted by atomic mass is 9.73. The maximum absolute atomic E-state index is 10.2. The van der Waals surface area contributed by atoms with Crippen molar-refractivity contribution in [1.82, 2.24) is 0 Å². The molecule has 0 radical (unpaired) electrons. The first-order valence-corrected chi connectivity index (χ1v) is 6.75. The van der Waals surface area contributed by atoms with Crippen LogP contribution in [0.4, 0.5) is 0 Å².